The van der Waals surface area contributed by atoms with Crippen LogP contribution >= 0.6 is 0 Å². The molecule has 0 heterocycles. The number of carboxylic acid groups (broad SMARTS) is 1. The molecule has 0 aliphatic rings. The quantitative estimate of drug-likeness (QED) is 0.613. The van der Waals surface area contributed by atoms with Gasteiger partial charge in [0.05, 0.1) is 7.11 Å². The van der Waals surface area contributed by atoms with Crippen molar-refractivity contribution < 1.29 is 19.4 Å². The van der Waals surface area contributed by atoms with Crippen molar-refractivity contribution in [3.63, 3.8) is 0 Å². The minimum atomic E-state index is -1.16. The molecule has 0 saturated carbocycles. The number of amides is 1. The molecular weight excluding hydrogens is 332 g/mol. The molecule has 0 bridgehead atoms. The normalized spacial score (nSPS) is 10.7. The minimum Gasteiger partial charge on any atom is -0.496 e. The van der Waals surface area contributed by atoms with Gasteiger partial charge in [0.15, 0.2) is 0 Å². The fourth-order valence-electron chi connectivity index (χ4n) is 2.32. The van der Waals surface area contributed by atoms with Crippen LogP contribution in [0.1, 0.15) is 28.4 Å². The van der Waals surface area contributed by atoms with E-state index in [1.54, 1.807) is 18.2 Å². The molecule has 6 nitrogen and oxygen atoms in total. The maximum Gasteiger partial charge on any atom is 0.339 e. The third-order valence-corrected chi connectivity index (χ3v) is 3.75. The number of aromatic carboxylic acids is 1. The number of methoxy groups -OCH3 is 1. The van der Waals surface area contributed by atoms with Crippen LogP contribution in [-0.2, 0) is 11.2 Å². The topological polar surface area (TPSA) is 99.4 Å². The van der Waals surface area contributed by atoms with Crippen LogP contribution in [0.4, 0.5) is 5.69 Å². The first kappa shape index (κ1) is 18.7. The number of ether oxygens (including phenoxy) is 1. The number of hydrogen-bond acceptors (Lipinski definition) is 4. The lowest BCUT2D eigenvalue weighted by Crippen LogP contribution is -2.13. The molecule has 132 valence electrons. The van der Waals surface area contributed by atoms with Crippen LogP contribution in [0, 0.1) is 11.3 Å². The molecule has 0 unspecified atom stereocenters. The van der Waals surface area contributed by atoms with Crippen molar-refractivity contribution in [2.45, 2.75) is 13.3 Å². The number of carbonyl (C=O) groups is 2. The highest BCUT2D eigenvalue weighted by Gasteiger charge is 2.13. The van der Waals surface area contributed by atoms with Crippen LogP contribution in [0.25, 0.3) is 6.08 Å². The lowest BCUT2D eigenvalue weighted by atomic mass is 10.1. The monoisotopic (exact) mass is 350 g/mol. The summed E-state index contributed by atoms with van der Waals surface area (Å²) >= 11 is 0. The van der Waals surface area contributed by atoms with E-state index in [2.05, 4.69) is 5.32 Å². The standard InChI is InChI=1S/C20H18N2O4/c1-3-13-4-7-16(8-5-13)22-19(23)15(12-21)10-14-6-9-18(26-2)17(11-14)20(24)25/h4-11H,3H2,1-2H3,(H,22,23)(H,24,25)/b15-10+. The number of carbonyl (C=O) groups excluding carboxylic acids is 1. The number of aryl methyl sites for hydroxylation is 1. The summed E-state index contributed by atoms with van der Waals surface area (Å²) in [6.07, 6.45) is 2.22. The molecule has 2 N–H and O–H groups in total. The Balaban J connectivity index is 2.26. The zero-order valence-electron chi connectivity index (χ0n) is 14.4. The van der Waals surface area contributed by atoms with Crippen molar-refractivity contribution in [3.8, 4) is 11.8 Å². The molecular formula is C20H18N2O4. The number of rotatable bonds is 6. The molecule has 0 aliphatic heterocycles. The Morgan fingerprint density at radius 1 is 1.23 bits per heavy atom. The Kier molecular flexibility index (Phi) is 6.12. The first-order valence-corrected chi connectivity index (χ1v) is 7.92. The van der Waals surface area contributed by atoms with Gasteiger partial charge in [-0.3, -0.25) is 4.79 Å². The SMILES string of the molecule is CCc1ccc(NC(=O)/C(C#N)=C/c2ccc(OC)c(C(=O)O)c2)cc1. The second-order valence-electron chi connectivity index (χ2n) is 5.44. The van der Waals surface area contributed by atoms with Gasteiger partial charge >= 0.3 is 5.97 Å². The zero-order chi connectivity index (χ0) is 19.1. The van der Waals surface area contributed by atoms with Crippen molar-refractivity contribution >= 4 is 23.6 Å². The minimum absolute atomic E-state index is 0.0471. The number of nitriles is 1. The third-order valence-electron chi connectivity index (χ3n) is 3.75. The zero-order valence-corrected chi connectivity index (χ0v) is 14.4. The second-order valence-corrected chi connectivity index (χ2v) is 5.44. The highest BCUT2D eigenvalue weighted by molar-refractivity contribution is 6.09. The second kappa shape index (κ2) is 8.49. The van der Waals surface area contributed by atoms with Crippen LogP contribution in [-0.4, -0.2) is 24.1 Å². The van der Waals surface area contributed by atoms with Gasteiger partial charge in [-0.05, 0) is 47.9 Å². The lowest BCUT2D eigenvalue weighted by molar-refractivity contribution is -0.112. The summed E-state index contributed by atoms with van der Waals surface area (Å²) < 4.78 is 4.99. The van der Waals surface area contributed by atoms with E-state index in [-0.39, 0.29) is 16.9 Å². The van der Waals surface area contributed by atoms with Crippen molar-refractivity contribution in [1.29, 1.82) is 5.26 Å². The third kappa shape index (κ3) is 4.48. The van der Waals surface area contributed by atoms with E-state index in [1.165, 1.54) is 25.3 Å². The predicted octanol–water partition coefficient (Wildman–Crippen LogP) is 3.50. The Bertz CT molecular complexity index is 893. The van der Waals surface area contributed by atoms with Crippen molar-refractivity contribution in [2.75, 3.05) is 12.4 Å². The van der Waals surface area contributed by atoms with Gasteiger partial charge < -0.3 is 15.2 Å². The predicted molar refractivity (Wildman–Crippen MR) is 98.0 cm³/mol. The number of nitrogens with one attached hydrogen (secondary N) is 1. The number of nitrogens with zero attached hydrogens (tertiary/aromatic N) is 1. The highest BCUT2D eigenvalue weighted by atomic mass is 16.5. The summed E-state index contributed by atoms with van der Waals surface area (Å²) in [7, 11) is 1.37. The Labute approximate surface area is 151 Å². The molecule has 0 fully saturated rings. The Morgan fingerprint density at radius 3 is 2.46 bits per heavy atom. The van der Waals surface area contributed by atoms with Gasteiger partial charge in [0.25, 0.3) is 5.91 Å². The molecule has 2 aromatic rings. The summed E-state index contributed by atoms with van der Waals surface area (Å²) in [6, 6.07) is 13.6. The fourth-order valence-corrected chi connectivity index (χ4v) is 2.32. The van der Waals surface area contributed by atoms with Crippen molar-refractivity contribution in [3.05, 3.63) is 64.7 Å². The largest absolute Gasteiger partial charge is 0.496 e. The van der Waals surface area contributed by atoms with E-state index in [9.17, 15) is 20.0 Å². The van der Waals surface area contributed by atoms with Gasteiger partial charge in [0.1, 0.15) is 23.0 Å². The van der Waals surface area contributed by atoms with Crippen LogP contribution in [0.5, 0.6) is 5.75 Å². The van der Waals surface area contributed by atoms with Crippen LogP contribution in [0.3, 0.4) is 0 Å². The summed E-state index contributed by atoms with van der Waals surface area (Å²) in [5, 5.41) is 21.1. The van der Waals surface area contributed by atoms with Gasteiger partial charge in [-0.2, -0.15) is 5.26 Å². The lowest BCUT2D eigenvalue weighted by Gasteiger charge is -2.07. The molecule has 0 saturated heterocycles. The average Bonchev–Trinajstić information content (AvgIpc) is 2.66. The summed E-state index contributed by atoms with van der Waals surface area (Å²) in [5.74, 6) is -1.52. The van der Waals surface area contributed by atoms with Gasteiger partial charge in [-0.15, -0.1) is 0 Å². The van der Waals surface area contributed by atoms with Crippen LogP contribution in [0.2, 0.25) is 0 Å². The molecule has 1 amide bonds. The van der Waals surface area contributed by atoms with Crippen molar-refractivity contribution in [1.82, 2.24) is 0 Å². The molecule has 0 spiro atoms. The molecule has 0 atom stereocenters. The summed E-state index contributed by atoms with van der Waals surface area (Å²) in [6.45, 7) is 2.03. The molecule has 0 aromatic heterocycles. The Morgan fingerprint density at radius 2 is 1.92 bits per heavy atom. The van der Waals surface area contributed by atoms with E-state index in [1.807, 2.05) is 25.1 Å². The number of carboxylic acids is 1. The smallest absolute Gasteiger partial charge is 0.339 e. The molecule has 0 aliphatic carbocycles. The van der Waals surface area contributed by atoms with E-state index in [0.29, 0.717) is 11.3 Å². The van der Waals surface area contributed by atoms with E-state index >= 15 is 0 Å². The number of hydrogen-bond donors (Lipinski definition) is 2. The van der Waals surface area contributed by atoms with Gasteiger partial charge in [-0.1, -0.05) is 25.1 Å². The maximum atomic E-state index is 12.3. The molecule has 26 heavy (non-hydrogen) atoms. The molecule has 6 heteroatoms. The summed E-state index contributed by atoms with van der Waals surface area (Å²) in [5.41, 5.74) is 1.95. The van der Waals surface area contributed by atoms with Gasteiger partial charge in [0, 0.05) is 5.69 Å². The van der Waals surface area contributed by atoms with E-state index in [4.69, 9.17) is 4.74 Å². The van der Waals surface area contributed by atoms with Crippen molar-refractivity contribution in [2.24, 2.45) is 0 Å². The molecule has 0 radical (unpaired) electrons. The maximum absolute atomic E-state index is 12.3. The van der Waals surface area contributed by atoms with Gasteiger partial charge in [0.2, 0.25) is 0 Å². The summed E-state index contributed by atoms with van der Waals surface area (Å²) in [4.78, 5) is 23.6. The van der Waals surface area contributed by atoms with Gasteiger partial charge in [-0.25, -0.2) is 4.79 Å². The highest BCUT2D eigenvalue weighted by Crippen LogP contribution is 2.21. The fraction of sp³-hybridized carbons (Fsp3) is 0.150. The van der Waals surface area contributed by atoms with Crippen LogP contribution in [0.15, 0.2) is 48.0 Å². The molecule has 2 aromatic carbocycles. The number of anilines is 1. The van der Waals surface area contributed by atoms with Crippen LogP contribution < -0.4 is 10.1 Å². The average molecular weight is 350 g/mol. The first-order chi connectivity index (χ1) is 12.5. The van der Waals surface area contributed by atoms with E-state index < -0.39 is 11.9 Å². The van der Waals surface area contributed by atoms with E-state index in [0.717, 1.165) is 12.0 Å². The molecule has 2 rings (SSSR count). The first-order valence-electron chi connectivity index (χ1n) is 7.92. The number of benzene rings is 2. The Hall–Kier alpha value is -3.59.